The highest BCUT2D eigenvalue weighted by Gasteiger charge is 2.21. The van der Waals surface area contributed by atoms with Crippen molar-refractivity contribution in [2.24, 2.45) is 5.84 Å². The van der Waals surface area contributed by atoms with Gasteiger partial charge in [0.25, 0.3) is 0 Å². The molecule has 0 bridgehead atoms. The second-order valence-electron chi connectivity index (χ2n) is 3.72. The van der Waals surface area contributed by atoms with Crippen LogP contribution in [0.3, 0.4) is 0 Å². The number of nitrogens with zero attached hydrogens (tertiary/aromatic N) is 2. The van der Waals surface area contributed by atoms with Crippen LogP contribution >= 0.6 is 15.9 Å². The molecule has 0 amide bonds. The SMILES string of the molecule is COc1nccnc1C(NN)c1ccc(F)cc1Br. The van der Waals surface area contributed by atoms with E-state index in [-0.39, 0.29) is 5.82 Å². The smallest absolute Gasteiger partial charge is 0.237 e. The van der Waals surface area contributed by atoms with Crippen LogP contribution in [-0.4, -0.2) is 17.1 Å². The third-order valence-corrected chi connectivity index (χ3v) is 3.28. The van der Waals surface area contributed by atoms with Gasteiger partial charge >= 0.3 is 0 Å². The molecule has 0 spiro atoms. The maximum absolute atomic E-state index is 13.1. The highest BCUT2D eigenvalue weighted by molar-refractivity contribution is 9.10. The first-order valence-corrected chi connectivity index (χ1v) is 6.22. The minimum Gasteiger partial charge on any atom is -0.480 e. The molecule has 0 fully saturated rings. The van der Waals surface area contributed by atoms with Crippen molar-refractivity contribution in [3.8, 4) is 5.88 Å². The van der Waals surface area contributed by atoms with Crippen molar-refractivity contribution in [1.29, 1.82) is 0 Å². The second kappa shape index (κ2) is 6.05. The molecule has 0 radical (unpaired) electrons. The van der Waals surface area contributed by atoms with Crippen molar-refractivity contribution in [2.75, 3.05) is 7.11 Å². The summed E-state index contributed by atoms with van der Waals surface area (Å²) in [7, 11) is 1.50. The zero-order valence-electron chi connectivity index (χ0n) is 10.1. The molecule has 1 atom stereocenters. The predicted molar refractivity (Wildman–Crippen MR) is 71.9 cm³/mol. The number of rotatable bonds is 4. The maximum Gasteiger partial charge on any atom is 0.237 e. The first-order valence-electron chi connectivity index (χ1n) is 5.43. The normalized spacial score (nSPS) is 12.2. The third-order valence-electron chi connectivity index (χ3n) is 2.60. The Hall–Kier alpha value is -1.57. The summed E-state index contributed by atoms with van der Waals surface area (Å²) in [4.78, 5) is 8.29. The van der Waals surface area contributed by atoms with Crippen LogP contribution in [0.4, 0.5) is 4.39 Å². The van der Waals surface area contributed by atoms with Crippen LogP contribution in [0.15, 0.2) is 35.1 Å². The Balaban J connectivity index is 2.50. The van der Waals surface area contributed by atoms with Gasteiger partial charge in [-0.1, -0.05) is 22.0 Å². The third kappa shape index (κ3) is 2.89. The molecule has 7 heteroatoms. The lowest BCUT2D eigenvalue weighted by molar-refractivity contribution is 0.383. The minimum absolute atomic E-state index is 0.336. The van der Waals surface area contributed by atoms with Gasteiger partial charge in [0.15, 0.2) is 0 Å². The molecule has 0 aliphatic rings. The van der Waals surface area contributed by atoms with Crippen molar-refractivity contribution in [3.05, 3.63) is 52.1 Å². The van der Waals surface area contributed by atoms with Crippen molar-refractivity contribution in [1.82, 2.24) is 15.4 Å². The van der Waals surface area contributed by atoms with Gasteiger partial charge in [0.05, 0.1) is 13.2 Å². The number of nitrogens with two attached hydrogens (primary N) is 1. The van der Waals surface area contributed by atoms with Crippen LogP contribution in [0.5, 0.6) is 5.88 Å². The lowest BCUT2D eigenvalue weighted by Gasteiger charge is -2.18. The van der Waals surface area contributed by atoms with E-state index < -0.39 is 6.04 Å². The number of halogens is 2. The molecular weight excluding hydrogens is 315 g/mol. The van der Waals surface area contributed by atoms with Crippen LogP contribution < -0.4 is 16.0 Å². The molecule has 1 unspecified atom stereocenters. The lowest BCUT2D eigenvalue weighted by atomic mass is 10.0. The van der Waals surface area contributed by atoms with Gasteiger partial charge in [-0.3, -0.25) is 10.8 Å². The van der Waals surface area contributed by atoms with Gasteiger partial charge in [-0.25, -0.2) is 14.8 Å². The Kier molecular flexibility index (Phi) is 4.41. The highest BCUT2D eigenvalue weighted by Crippen LogP contribution is 2.31. The molecule has 2 aromatic rings. The summed E-state index contributed by atoms with van der Waals surface area (Å²) in [5.74, 6) is 5.61. The van der Waals surface area contributed by atoms with E-state index in [1.807, 2.05) is 0 Å². The number of ether oxygens (including phenoxy) is 1. The average Bonchev–Trinajstić information content (AvgIpc) is 2.42. The summed E-state index contributed by atoms with van der Waals surface area (Å²) in [5, 5.41) is 0. The first kappa shape index (κ1) is 13.9. The molecule has 100 valence electrons. The van der Waals surface area contributed by atoms with Crippen LogP contribution in [-0.2, 0) is 0 Å². The second-order valence-corrected chi connectivity index (χ2v) is 4.57. The van der Waals surface area contributed by atoms with E-state index in [1.54, 1.807) is 12.3 Å². The zero-order chi connectivity index (χ0) is 13.8. The Morgan fingerprint density at radius 2 is 2.11 bits per heavy atom. The average molecular weight is 327 g/mol. The van der Waals surface area contributed by atoms with E-state index in [0.717, 1.165) is 5.56 Å². The van der Waals surface area contributed by atoms with Crippen LogP contribution in [0, 0.1) is 5.82 Å². The molecule has 1 heterocycles. The largest absolute Gasteiger partial charge is 0.480 e. The molecule has 2 rings (SSSR count). The molecule has 0 aliphatic heterocycles. The summed E-state index contributed by atoms with van der Waals surface area (Å²) in [6, 6.07) is 3.88. The molecule has 0 saturated heterocycles. The molecular formula is C12H12BrFN4O. The molecule has 5 nitrogen and oxygen atoms in total. The first-order chi connectivity index (χ1) is 9.17. The lowest BCUT2D eigenvalue weighted by Crippen LogP contribution is -2.30. The fourth-order valence-electron chi connectivity index (χ4n) is 1.74. The van der Waals surface area contributed by atoms with E-state index in [1.165, 1.54) is 25.4 Å². The van der Waals surface area contributed by atoms with Crippen molar-refractivity contribution in [3.63, 3.8) is 0 Å². The number of hydrogen-bond donors (Lipinski definition) is 2. The Labute approximate surface area is 118 Å². The fraction of sp³-hybridized carbons (Fsp3) is 0.167. The predicted octanol–water partition coefficient (Wildman–Crippen LogP) is 1.94. The number of aromatic nitrogens is 2. The summed E-state index contributed by atoms with van der Waals surface area (Å²) in [6.45, 7) is 0. The molecule has 0 saturated carbocycles. The highest BCUT2D eigenvalue weighted by atomic mass is 79.9. The van der Waals surface area contributed by atoms with Gasteiger partial charge in [0.1, 0.15) is 11.5 Å². The van der Waals surface area contributed by atoms with Gasteiger partial charge < -0.3 is 4.74 Å². The van der Waals surface area contributed by atoms with E-state index in [2.05, 4.69) is 31.3 Å². The van der Waals surface area contributed by atoms with Gasteiger partial charge in [-0.05, 0) is 17.7 Å². The van der Waals surface area contributed by atoms with Crippen LogP contribution in [0.25, 0.3) is 0 Å². The number of benzene rings is 1. The monoisotopic (exact) mass is 326 g/mol. The fourth-order valence-corrected chi connectivity index (χ4v) is 2.32. The Bertz CT molecular complexity index is 581. The Morgan fingerprint density at radius 3 is 2.74 bits per heavy atom. The van der Waals surface area contributed by atoms with Crippen LogP contribution in [0.1, 0.15) is 17.3 Å². The number of methoxy groups -OCH3 is 1. The maximum atomic E-state index is 13.1. The van der Waals surface area contributed by atoms with Gasteiger partial charge in [0, 0.05) is 16.9 Å². The quantitative estimate of drug-likeness (QED) is 0.663. The summed E-state index contributed by atoms with van der Waals surface area (Å²) < 4.78 is 18.9. The Morgan fingerprint density at radius 1 is 1.37 bits per heavy atom. The van der Waals surface area contributed by atoms with Crippen molar-refractivity contribution < 1.29 is 9.13 Å². The zero-order valence-corrected chi connectivity index (χ0v) is 11.7. The summed E-state index contributed by atoms with van der Waals surface area (Å²) in [5.41, 5.74) is 3.90. The molecule has 1 aromatic heterocycles. The molecule has 0 aliphatic carbocycles. The standard InChI is InChI=1S/C12H12BrFN4O/c1-19-12-11(16-4-5-17-12)10(18-15)8-3-2-7(14)6-9(8)13/h2-6,10,18H,15H2,1H3. The number of nitrogens with one attached hydrogen (secondary N) is 1. The molecule has 3 N–H and O–H groups in total. The van der Waals surface area contributed by atoms with Crippen molar-refractivity contribution >= 4 is 15.9 Å². The van der Waals surface area contributed by atoms with E-state index >= 15 is 0 Å². The van der Waals surface area contributed by atoms with E-state index in [4.69, 9.17) is 10.6 Å². The number of hydrogen-bond acceptors (Lipinski definition) is 5. The number of hydrazine groups is 1. The summed E-state index contributed by atoms with van der Waals surface area (Å²) >= 11 is 3.31. The van der Waals surface area contributed by atoms with Gasteiger partial charge in [-0.2, -0.15) is 0 Å². The van der Waals surface area contributed by atoms with Gasteiger partial charge in [-0.15, -0.1) is 0 Å². The van der Waals surface area contributed by atoms with Crippen LogP contribution in [0.2, 0.25) is 0 Å². The topological polar surface area (TPSA) is 73.1 Å². The molecule has 1 aromatic carbocycles. The van der Waals surface area contributed by atoms with Crippen molar-refractivity contribution in [2.45, 2.75) is 6.04 Å². The molecule has 19 heavy (non-hydrogen) atoms. The summed E-state index contributed by atoms with van der Waals surface area (Å²) in [6.07, 6.45) is 3.06. The minimum atomic E-state index is -0.460. The van der Waals surface area contributed by atoms with E-state index in [0.29, 0.717) is 16.0 Å². The van der Waals surface area contributed by atoms with Gasteiger partial charge in [0.2, 0.25) is 5.88 Å². The van der Waals surface area contributed by atoms with E-state index in [9.17, 15) is 4.39 Å².